The lowest BCUT2D eigenvalue weighted by Gasteiger charge is -2.25. The number of carbonyl (C=O) groups is 2. The van der Waals surface area contributed by atoms with E-state index in [1.165, 1.54) is 16.7 Å². The smallest absolute Gasteiger partial charge is 0.341 e. The van der Waals surface area contributed by atoms with Crippen molar-refractivity contribution in [2.75, 3.05) is 0 Å². The molecule has 20 heavy (non-hydrogen) atoms. The minimum absolute atomic E-state index is 0.185. The van der Waals surface area contributed by atoms with Gasteiger partial charge in [-0.25, -0.2) is 4.79 Å². The minimum Gasteiger partial charge on any atom is -0.477 e. The van der Waals surface area contributed by atoms with Crippen molar-refractivity contribution < 1.29 is 14.7 Å². The lowest BCUT2D eigenvalue weighted by Crippen LogP contribution is -2.45. The first kappa shape index (κ1) is 15.9. The number of aromatic carboxylic acids is 1. The molecule has 0 aliphatic heterocycles. The Morgan fingerprint density at radius 2 is 1.95 bits per heavy atom. The van der Waals surface area contributed by atoms with Crippen LogP contribution in [0.5, 0.6) is 0 Å². The average molecular weight is 280 g/mol. The highest BCUT2D eigenvalue weighted by Gasteiger charge is 2.19. The molecule has 2 N–H and O–H groups in total. The van der Waals surface area contributed by atoms with Crippen LogP contribution in [-0.2, 0) is 11.3 Å². The molecule has 0 unspecified atom stereocenters. The molecule has 1 aromatic rings. The van der Waals surface area contributed by atoms with Crippen LogP contribution in [0.2, 0.25) is 0 Å². The lowest BCUT2D eigenvalue weighted by molar-refractivity contribution is -0.123. The van der Waals surface area contributed by atoms with Crippen molar-refractivity contribution in [3.05, 3.63) is 33.7 Å². The normalized spacial score (nSPS) is 11.2. The van der Waals surface area contributed by atoms with E-state index in [2.05, 4.69) is 5.32 Å². The molecular formula is C14H20N2O4. The summed E-state index contributed by atoms with van der Waals surface area (Å²) in [6.07, 6.45) is 0.752. The number of carbonyl (C=O) groups excluding carboxylic acids is 1. The summed E-state index contributed by atoms with van der Waals surface area (Å²) < 4.78 is 1.17. The van der Waals surface area contributed by atoms with Crippen LogP contribution < -0.4 is 10.9 Å². The highest BCUT2D eigenvalue weighted by atomic mass is 16.4. The van der Waals surface area contributed by atoms with Gasteiger partial charge >= 0.3 is 5.97 Å². The average Bonchev–Trinajstić information content (AvgIpc) is 2.33. The van der Waals surface area contributed by atoms with Crippen molar-refractivity contribution in [1.29, 1.82) is 0 Å². The summed E-state index contributed by atoms with van der Waals surface area (Å²) in [4.78, 5) is 34.9. The van der Waals surface area contributed by atoms with E-state index in [1.807, 2.05) is 20.8 Å². The van der Waals surface area contributed by atoms with E-state index in [-0.39, 0.29) is 23.6 Å². The topological polar surface area (TPSA) is 88.4 Å². The Hall–Kier alpha value is -2.11. The van der Waals surface area contributed by atoms with Crippen molar-refractivity contribution in [1.82, 2.24) is 9.88 Å². The number of pyridine rings is 1. The molecule has 0 saturated heterocycles. The van der Waals surface area contributed by atoms with Gasteiger partial charge in [-0.2, -0.15) is 0 Å². The van der Waals surface area contributed by atoms with Gasteiger partial charge in [0.05, 0.1) is 0 Å². The van der Waals surface area contributed by atoms with Crippen LogP contribution in [-0.4, -0.2) is 27.1 Å². The van der Waals surface area contributed by atoms with Crippen LogP contribution in [0.4, 0.5) is 0 Å². The number of carboxylic acid groups (broad SMARTS) is 1. The van der Waals surface area contributed by atoms with Gasteiger partial charge in [0.25, 0.3) is 5.56 Å². The van der Waals surface area contributed by atoms with E-state index in [9.17, 15) is 14.4 Å². The summed E-state index contributed by atoms with van der Waals surface area (Å²) >= 11 is 0. The number of hydrogen-bond donors (Lipinski definition) is 2. The fourth-order valence-electron chi connectivity index (χ4n) is 1.68. The molecule has 6 heteroatoms. The van der Waals surface area contributed by atoms with E-state index >= 15 is 0 Å². The number of carboxylic acids is 1. The van der Waals surface area contributed by atoms with E-state index < -0.39 is 11.5 Å². The molecule has 1 rings (SSSR count). The lowest BCUT2D eigenvalue weighted by atomic mass is 10.0. The molecule has 110 valence electrons. The first-order valence-corrected chi connectivity index (χ1v) is 6.42. The number of nitrogens with one attached hydrogen (secondary N) is 1. The molecule has 1 heterocycles. The third-order valence-corrected chi connectivity index (χ3v) is 3.29. The molecule has 0 atom stereocenters. The SMILES string of the molecule is CCC(C)(C)NC(=O)Cn1c(C)ccc(C(=O)O)c1=O. The quantitative estimate of drug-likeness (QED) is 0.847. The fourth-order valence-corrected chi connectivity index (χ4v) is 1.68. The highest BCUT2D eigenvalue weighted by Crippen LogP contribution is 2.07. The zero-order chi connectivity index (χ0) is 15.5. The van der Waals surface area contributed by atoms with Crippen LogP contribution in [0.3, 0.4) is 0 Å². The van der Waals surface area contributed by atoms with Crippen molar-refractivity contribution in [3.8, 4) is 0 Å². The van der Waals surface area contributed by atoms with Gasteiger partial charge in [-0.3, -0.25) is 9.59 Å². The van der Waals surface area contributed by atoms with E-state index in [4.69, 9.17) is 5.11 Å². The first-order valence-electron chi connectivity index (χ1n) is 6.42. The second kappa shape index (κ2) is 5.90. The Morgan fingerprint density at radius 1 is 1.35 bits per heavy atom. The van der Waals surface area contributed by atoms with Gasteiger partial charge in [0, 0.05) is 11.2 Å². The summed E-state index contributed by atoms with van der Waals surface area (Å²) in [5.74, 6) is -1.61. The van der Waals surface area contributed by atoms with Crippen LogP contribution >= 0.6 is 0 Å². The molecule has 0 spiro atoms. The predicted molar refractivity (Wildman–Crippen MR) is 74.9 cm³/mol. The number of nitrogens with zero attached hydrogens (tertiary/aromatic N) is 1. The molecule has 0 saturated carbocycles. The van der Waals surface area contributed by atoms with Gasteiger partial charge in [0.2, 0.25) is 5.91 Å². The summed E-state index contributed by atoms with van der Waals surface area (Å²) in [6, 6.07) is 2.77. The molecular weight excluding hydrogens is 260 g/mol. The molecule has 1 aromatic heterocycles. The summed E-state index contributed by atoms with van der Waals surface area (Å²) in [5, 5.41) is 11.7. The van der Waals surface area contributed by atoms with Gasteiger partial charge in [-0.05, 0) is 39.3 Å². The standard InChI is InChI=1S/C14H20N2O4/c1-5-14(3,4)15-11(17)8-16-9(2)6-7-10(12(16)18)13(19)20/h6-7H,5,8H2,1-4H3,(H,15,17)(H,19,20). The van der Waals surface area contributed by atoms with Crippen LogP contribution in [0.1, 0.15) is 43.2 Å². The second-order valence-electron chi connectivity index (χ2n) is 5.37. The van der Waals surface area contributed by atoms with E-state index in [1.54, 1.807) is 6.92 Å². The van der Waals surface area contributed by atoms with Crippen LogP contribution in [0, 0.1) is 6.92 Å². The Labute approximate surface area is 117 Å². The number of aryl methyl sites for hydroxylation is 1. The monoisotopic (exact) mass is 280 g/mol. The Morgan fingerprint density at radius 3 is 2.45 bits per heavy atom. The number of hydrogen-bond acceptors (Lipinski definition) is 3. The second-order valence-corrected chi connectivity index (χ2v) is 5.37. The van der Waals surface area contributed by atoms with Crippen molar-refractivity contribution >= 4 is 11.9 Å². The molecule has 0 aliphatic rings. The van der Waals surface area contributed by atoms with E-state index in [0.29, 0.717) is 5.69 Å². The van der Waals surface area contributed by atoms with Crippen molar-refractivity contribution in [2.45, 2.75) is 46.2 Å². The number of aromatic nitrogens is 1. The van der Waals surface area contributed by atoms with Gasteiger partial charge in [0.15, 0.2) is 0 Å². The van der Waals surface area contributed by atoms with Gasteiger partial charge in [0.1, 0.15) is 12.1 Å². The molecule has 0 aromatic carbocycles. The van der Waals surface area contributed by atoms with Gasteiger partial charge in [-0.15, -0.1) is 0 Å². The molecule has 0 aliphatic carbocycles. The van der Waals surface area contributed by atoms with Crippen molar-refractivity contribution in [3.63, 3.8) is 0 Å². The highest BCUT2D eigenvalue weighted by molar-refractivity contribution is 5.87. The van der Waals surface area contributed by atoms with Gasteiger partial charge in [-0.1, -0.05) is 6.92 Å². The maximum absolute atomic E-state index is 12.0. The number of amides is 1. The molecule has 0 radical (unpaired) electrons. The van der Waals surface area contributed by atoms with E-state index in [0.717, 1.165) is 6.42 Å². The largest absolute Gasteiger partial charge is 0.477 e. The van der Waals surface area contributed by atoms with Gasteiger partial charge < -0.3 is 15.0 Å². The Kier molecular flexibility index (Phi) is 4.70. The first-order chi connectivity index (χ1) is 9.18. The van der Waals surface area contributed by atoms with Crippen LogP contribution in [0.25, 0.3) is 0 Å². The minimum atomic E-state index is -1.29. The molecule has 0 fully saturated rings. The predicted octanol–water partition coefficient (Wildman–Crippen LogP) is 1.16. The number of rotatable bonds is 5. The zero-order valence-electron chi connectivity index (χ0n) is 12.2. The summed E-state index contributed by atoms with van der Waals surface area (Å²) in [7, 11) is 0. The van der Waals surface area contributed by atoms with Crippen LogP contribution in [0.15, 0.2) is 16.9 Å². The third kappa shape index (κ3) is 3.69. The molecule has 6 nitrogen and oxygen atoms in total. The van der Waals surface area contributed by atoms with Crippen molar-refractivity contribution in [2.24, 2.45) is 0 Å². The fraction of sp³-hybridized carbons (Fsp3) is 0.500. The molecule has 1 amide bonds. The Balaban J connectivity index is 3.04. The zero-order valence-corrected chi connectivity index (χ0v) is 12.2. The Bertz CT molecular complexity index is 587. The summed E-state index contributed by atoms with van der Waals surface area (Å²) in [5.41, 5.74) is -0.816. The maximum Gasteiger partial charge on any atom is 0.341 e. The third-order valence-electron chi connectivity index (χ3n) is 3.29. The molecule has 0 bridgehead atoms. The maximum atomic E-state index is 12.0. The summed E-state index contributed by atoms with van der Waals surface area (Å²) in [6.45, 7) is 7.19.